The van der Waals surface area contributed by atoms with Crippen molar-refractivity contribution in [2.24, 2.45) is 0 Å². The maximum atomic E-state index is 12.1. The first kappa shape index (κ1) is 13.1. The van der Waals surface area contributed by atoms with E-state index in [0.717, 1.165) is 15.8 Å². The number of fused-ring (bicyclic) bond motifs is 1. The van der Waals surface area contributed by atoms with Gasteiger partial charge in [-0.15, -0.1) is 11.3 Å². The monoisotopic (exact) mass is 307 g/mol. The first-order valence-corrected chi connectivity index (χ1v) is 7.11. The zero-order chi connectivity index (χ0) is 14.1. The maximum absolute atomic E-state index is 12.1. The van der Waals surface area contributed by atoms with Crippen LogP contribution in [0.1, 0.15) is 21.1 Å². The molecule has 3 rings (SSSR count). The van der Waals surface area contributed by atoms with Crippen molar-refractivity contribution in [3.63, 3.8) is 0 Å². The number of esters is 1. The zero-order valence-electron chi connectivity index (χ0n) is 10.6. The van der Waals surface area contributed by atoms with Crippen molar-refractivity contribution in [2.45, 2.75) is 13.5 Å². The molecule has 20 heavy (non-hydrogen) atoms. The van der Waals surface area contributed by atoms with Crippen molar-refractivity contribution in [3.05, 3.63) is 51.7 Å². The van der Waals surface area contributed by atoms with E-state index >= 15 is 0 Å². The number of nitrogens with zero attached hydrogens (tertiary/aromatic N) is 1. The standard InChI is InChI=1S/C14H10ClNO3S/c1-8-6-9(19-16-8)7-18-14(17)13-12(15)10-4-2-3-5-11(10)20-13/h2-6H,7H2,1H3. The lowest BCUT2D eigenvalue weighted by molar-refractivity contribution is 0.0443. The van der Waals surface area contributed by atoms with Gasteiger partial charge in [0.1, 0.15) is 4.88 Å². The van der Waals surface area contributed by atoms with Crippen LogP contribution in [0.4, 0.5) is 0 Å². The molecule has 0 amide bonds. The van der Waals surface area contributed by atoms with Gasteiger partial charge in [0, 0.05) is 16.2 Å². The molecule has 0 aliphatic carbocycles. The van der Waals surface area contributed by atoms with Gasteiger partial charge in [-0.1, -0.05) is 35.0 Å². The number of aromatic nitrogens is 1. The highest BCUT2D eigenvalue weighted by atomic mass is 35.5. The van der Waals surface area contributed by atoms with Gasteiger partial charge in [-0.2, -0.15) is 0 Å². The number of hydrogen-bond donors (Lipinski definition) is 0. The fourth-order valence-electron chi connectivity index (χ4n) is 1.83. The molecule has 2 aromatic heterocycles. The second kappa shape index (κ2) is 5.26. The Morgan fingerprint density at radius 2 is 2.25 bits per heavy atom. The highest BCUT2D eigenvalue weighted by Crippen LogP contribution is 2.35. The van der Waals surface area contributed by atoms with Crippen LogP contribution in [-0.2, 0) is 11.3 Å². The molecule has 0 atom stereocenters. The van der Waals surface area contributed by atoms with E-state index in [1.54, 1.807) is 13.0 Å². The van der Waals surface area contributed by atoms with Gasteiger partial charge in [0.2, 0.25) is 0 Å². The lowest BCUT2D eigenvalue weighted by Gasteiger charge is -2.00. The van der Waals surface area contributed by atoms with Gasteiger partial charge in [-0.05, 0) is 13.0 Å². The third-order valence-electron chi connectivity index (χ3n) is 2.74. The van der Waals surface area contributed by atoms with Gasteiger partial charge in [0.25, 0.3) is 0 Å². The molecule has 0 N–H and O–H groups in total. The number of benzene rings is 1. The number of aryl methyl sites for hydroxylation is 1. The summed E-state index contributed by atoms with van der Waals surface area (Å²) >= 11 is 7.53. The molecule has 0 fully saturated rings. The van der Waals surface area contributed by atoms with Gasteiger partial charge >= 0.3 is 5.97 Å². The quantitative estimate of drug-likeness (QED) is 0.680. The number of hydrogen-bond acceptors (Lipinski definition) is 5. The van der Waals surface area contributed by atoms with E-state index in [1.165, 1.54) is 11.3 Å². The average Bonchev–Trinajstić information content (AvgIpc) is 3.01. The molecule has 6 heteroatoms. The van der Waals surface area contributed by atoms with Crippen molar-refractivity contribution in [1.82, 2.24) is 5.16 Å². The molecule has 102 valence electrons. The minimum Gasteiger partial charge on any atom is -0.453 e. The Balaban J connectivity index is 1.80. The van der Waals surface area contributed by atoms with Gasteiger partial charge in [0.05, 0.1) is 10.7 Å². The Bertz CT molecular complexity index is 778. The summed E-state index contributed by atoms with van der Waals surface area (Å²) in [6.07, 6.45) is 0. The van der Waals surface area contributed by atoms with Crippen molar-refractivity contribution >= 4 is 39.0 Å². The molecule has 0 saturated heterocycles. The number of carbonyl (C=O) groups is 1. The largest absolute Gasteiger partial charge is 0.453 e. The smallest absolute Gasteiger partial charge is 0.350 e. The molecule has 0 unspecified atom stereocenters. The summed E-state index contributed by atoms with van der Waals surface area (Å²) in [6, 6.07) is 9.31. The minimum atomic E-state index is -0.453. The summed E-state index contributed by atoms with van der Waals surface area (Å²) in [6.45, 7) is 1.85. The van der Waals surface area contributed by atoms with Crippen LogP contribution in [0.3, 0.4) is 0 Å². The number of thiophene rings is 1. The van der Waals surface area contributed by atoms with Gasteiger partial charge in [-0.25, -0.2) is 4.79 Å². The van der Waals surface area contributed by atoms with Crippen LogP contribution >= 0.6 is 22.9 Å². The fraction of sp³-hybridized carbons (Fsp3) is 0.143. The van der Waals surface area contributed by atoms with Crippen molar-refractivity contribution in [2.75, 3.05) is 0 Å². The second-order valence-corrected chi connectivity index (χ2v) is 5.68. The summed E-state index contributed by atoms with van der Waals surface area (Å²) in [5.41, 5.74) is 0.746. The molecule has 3 aromatic rings. The number of carbonyl (C=O) groups excluding carboxylic acids is 1. The van der Waals surface area contributed by atoms with Crippen molar-refractivity contribution < 1.29 is 14.1 Å². The molecule has 0 aliphatic heterocycles. The summed E-state index contributed by atoms with van der Waals surface area (Å²) < 4.78 is 11.1. The summed E-state index contributed by atoms with van der Waals surface area (Å²) in [5.74, 6) is 0.0540. The third-order valence-corrected chi connectivity index (χ3v) is 4.40. The van der Waals surface area contributed by atoms with Crippen LogP contribution in [-0.4, -0.2) is 11.1 Å². The van der Waals surface area contributed by atoms with E-state index in [1.807, 2.05) is 24.3 Å². The van der Waals surface area contributed by atoms with E-state index in [0.29, 0.717) is 15.7 Å². The average molecular weight is 308 g/mol. The SMILES string of the molecule is Cc1cc(COC(=O)c2sc3ccccc3c2Cl)on1. The molecule has 0 spiro atoms. The minimum absolute atomic E-state index is 0.0459. The summed E-state index contributed by atoms with van der Waals surface area (Å²) in [4.78, 5) is 12.5. The Kier molecular flexibility index (Phi) is 3.46. The van der Waals surface area contributed by atoms with Crippen LogP contribution in [0.2, 0.25) is 5.02 Å². The van der Waals surface area contributed by atoms with E-state index in [4.69, 9.17) is 20.9 Å². The Labute approximate surface area is 123 Å². The van der Waals surface area contributed by atoms with E-state index in [9.17, 15) is 4.79 Å². The maximum Gasteiger partial charge on any atom is 0.350 e. The van der Waals surface area contributed by atoms with Crippen LogP contribution in [0.15, 0.2) is 34.9 Å². The Morgan fingerprint density at radius 1 is 1.45 bits per heavy atom. The van der Waals surface area contributed by atoms with Crippen LogP contribution in [0.5, 0.6) is 0 Å². The van der Waals surface area contributed by atoms with E-state index < -0.39 is 5.97 Å². The second-order valence-electron chi connectivity index (χ2n) is 4.25. The van der Waals surface area contributed by atoms with Gasteiger partial charge in [0.15, 0.2) is 12.4 Å². The predicted octanol–water partition coefficient (Wildman–Crippen LogP) is 4.21. The molecule has 0 saturated carbocycles. The van der Waals surface area contributed by atoms with Crippen LogP contribution in [0.25, 0.3) is 10.1 Å². The van der Waals surface area contributed by atoms with Crippen LogP contribution in [0, 0.1) is 6.92 Å². The van der Waals surface area contributed by atoms with Crippen LogP contribution < -0.4 is 0 Å². The molecule has 0 bridgehead atoms. The highest BCUT2D eigenvalue weighted by Gasteiger charge is 2.18. The highest BCUT2D eigenvalue weighted by molar-refractivity contribution is 7.21. The van der Waals surface area contributed by atoms with Crippen molar-refractivity contribution in [1.29, 1.82) is 0 Å². The molecular weight excluding hydrogens is 298 g/mol. The Morgan fingerprint density at radius 3 is 2.95 bits per heavy atom. The first-order valence-electron chi connectivity index (χ1n) is 5.91. The predicted molar refractivity (Wildman–Crippen MR) is 77.2 cm³/mol. The van der Waals surface area contributed by atoms with Gasteiger partial charge < -0.3 is 9.26 Å². The lowest BCUT2D eigenvalue weighted by Crippen LogP contribution is -2.03. The van der Waals surface area contributed by atoms with E-state index in [-0.39, 0.29) is 6.61 Å². The molecule has 4 nitrogen and oxygen atoms in total. The number of rotatable bonds is 3. The molecule has 0 aliphatic rings. The Hall–Kier alpha value is -1.85. The molecule has 0 radical (unpaired) electrons. The number of ether oxygens (including phenoxy) is 1. The lowest BCUT2D eigenvalue weighted by atomic mass is 10.2. The fourth-order valence-corrected chi connectivity index (χ4v) is 3.23. The zero-order valence-corrected chi connectivity index (χ0v) is 12.1. The topological polar surface area (TPSA) is 52.3 Å². The summed E-state index contributed by atoms with van der Waals surface area (Å²) in [5, 5.41) is 5.03. The molecule has 1 aromatic carbocycles. The summed E-state index contributed by atoms with van der Waals surface area (Å²) in [7, 11) is 0. The van der Waals surface area contributed by atoms with E-state index in [2.05, 4.69) is 5.16 Å². The normalized spacial score (nSPS) is 10.9. The first-order chi connectivity index (χ1) is 9.65. The number of halogens is 1. The molecular formula is C14H10ClNO3S. The third kappa shape index (κ3) is 2.42. The van der Waals surface area contributed by atoms with Crippen molar-refractivity contribution in [3.8, 4) is 0 Å². The molecule has 2 heterocycles. The van der Waals surface area contributed by atoms with Gasteiger partial charge in [-0.3, -0.25) is 0 Å².